The summed E-state index contributed by atoms with van der Waals surface area (Å²) in [5.41, 5.74) is 6.03. The Hall–Kier alpha value is -0.940. The second-order valence-corrected chi connectivity index (χ2v) is 6.65. The summed E-state index contributed by atoms with van der Waals surface area (Å²) in [7, 11) is 0. The van der Waals surface area contributed by atoms with Gasteiger partial charge in [0.2, 0.25) is 0 Å². The molecule has 1 fully saturated rings. The number of nitrogens with zero attached hydrogens (tertiary/aromatic N) is 1. The van der Waals surface area contributed by atoms with Crippen molar-refractivity contribution in [2.24, 2.45) is 11.1 Å². The van der Waals surface area contributed by atoms with E-state index in [0.717, 1.165) is 6.42 Å². The predicted octanol–water partition coefficient (Wildman–Crippen LogP) is 2.79. The highest BCUT2D eigenvalue weighted by Crippen LogP contribution is 2.29. The Labute approximate surface area is 121 Å². The van der Waals surface area contributed by atoms with E-state index in [1.165, 1.54) is 12.1 Å². The zero-order valence-electron chi connectivity index (χ0n) is 11.1. The lowest BCUT2D eigenvalue weighted by atomic mass is 9.79. The molecule has 1 aliphatic heterocycles. The van der Waals surface area contributed by atoms with Gasteiger partial charge in [-0.05, 0) is 30.0 Å². The van der Waals surface area contributed by atoms with Gasteiger partial charge in [-0.1, -0.05) is 29.8 Å². The number of hydrogen-bond donors (Lipinski definition) is 1. The van der Waals surface area contributed by atoms with Gasteiger partial charge in [-0.15, -0.1) is 0 Å². The minimum atomic E-state index is -0.493. The van der Waals surface area contributed by atoms with Crippen LogP contribution in [0.3, 0.4) is 0 Å². The standard InChI is InChI=1S/C14H18BrFN2O/c1-14(2)8-18(6-5-12(14)17)13(19)10-4-3-9(15)7-11(10)16/h3-4,7,12H,5-6,8,17H2,1-2H3. The normalized spacial score (nSPS) is 22.4. The zero-order valence-corrected chi connectivity index (χ0v) is 12.7. The second-order valence-electron chi connectivity index (χ2n) is 5.73. The van der Waals surface area contributed by atoms with E-state index in [0.29, 0.717) is 17.6 Å². The summed E-state index contributed by atoms with van der Waals surface area (Å²) in [5.74, 6) is -0.753. The molecule has 0 aliphatic carbocycles. The van der Waals surface area contributed by atoms with Crippen LogP contribution >= 0.6 is 15.9 Å². The van der Waals surface area contributed by atoms with E-state index >= 15 is 0 Å². The summed E-state index contributed by atoms with van der Waals surface area (Å²) < 4.78 is 14.5. The number of piperidine rings is 1. The van der Waals surface area contributed by atoms with Crippen molar-refractivity contribution in [3.63, 3.8) is 0 Å². The van der Waals surface area contributed by atoms with Crippen molar-refractivity contribution in [3.8, 4) is 0 Å². The monoisotopic (exact) mass is 328 g/mol. The summed E-state index contributed by atoms with van der Waals surface area (Å²) in [6, 6.07) is 4.58. The van der Waals surface area contributed by atoms with Crippen molar-refractivity contribution in [1.29, 1.82) is 0 Å². The number of hydrogen-bond acceptors (Lipinski definition) is 2. The van der Waals surface area contributed by atoms with Crippen LogP contribution in [0.5, 0.6) is 0 Å². The summed E-state index contributed by atoms with van der Waals surface area (Å²) in [6.07, 6.45) is 0.747. The van der Waals surface area contributed by atoms with Crippen LogP contribution in [0.15, 0.2) is 22.7 Å². The lowest BCUT2D eigenvalue weighted by Crippen LogP contribution is -2.54. The molecule has 2 rings (SSSR count). The van der Waals surface area contributed by atoms with Gasteiger partial charge in [0.1, 0.15) is 5.82 Å². The van der Waals surface area contributed by atoms with Gasteiger partial charge >= 0.3 is 0 Å². The maximum Gasteiger partial charge on any atom is 0.256 e. The molecule has 19 heavy (non-hydrogen) atoms. The third-order valence-corrected chi connectivity index (χ3v) is 4.25. The molecule has 1 atom stereocenters. The number of likely N-dealkylation sites (tertiary alicyclic amines) is 1. The van der Waals surface area contributed by atoms with E-state index in [-0.39, 0.29) is 22.9 Å². The van der Waals surface area contributed by atoms with Gasteiger partial charge < -0.3 is 10.6 Å². The summed E-state index contributed by atoms with van der Waals surface area (Å²) in [5, 5.41) is 0. The maximum absolute atomic E-state index is 13.8. The van der Waals surface area contributed by atoms with Crippen molar-refractivity contribution in [1.82, 2.24) is 4.90 Å². The first kappa shape index (κ1) is 14.5. The van der Waals surface area contributed by atoms with Gasteiger partial charge in [0, 0.05) is 23.6 Å². The Morgan fingerprint density at radius 1 is 1.53 bits per heavy atom. The molecule has 1 amide bonds. The molecule has 1 aromatic carbocycles. The molecule has 5 heteroatoms. The van der Waals surface area contributed by atoms with Crippen LogP contribution in [-0.4, -0.2) is 29.9 Å². The van der Waals surface area contributed by atoms with E-state index in [1.54, 1.807) is 11.0 Å². The molecule has 1 unspecified atom stereocenters. The van der Waals surface area contributed by atoms with Crippen molar-refractivity contribution in [2.45, 2.75) is 26.3 Å². The van der Waals surface area contributed by atoms with Gasteiger partial charge in [0.25, 0.3) is 5.91 Å². The highest BCUT2D eigenvalue weighted by atomic mass is 79.9. The van der Waals surface area contributed by atoms with Crippen molar-refractivity contribution >= 4 is 21.8 Å². The van der Waals surface area contributed by atoms with E-state index < -0.39 is 5.82 Å². The van der Waals surface area contributed by atoms with E-state index in [4.69, 9.17) is 5.73 Å². The molecule has 0 bridgehead atoms. The van der Waals surface area contributed by atoms with Gasteiger partial charge in [0.05, 0.1) is 5.56 Å². The fraction of sp³-hybridized carbons (Fsp3) is 0.500. The minimum absolute atomic E-state index is 0.0753. The lowest BCUT2D eigenvalue weighted by molar-refractivity contribution is 0.0528. The molecule has 0 aromatic heterocycles. The van der Waals surface area contributed by atoms with Gasteiger partial charge in [0.15, 0.2) is 0 Å². The SMILES string of the molecule is CC1(C)CN(C(=O)c2ccc(Br)cc2F)CCC1N. The molecule has 1 saturated heterocycles. The summed E-state index contributed by atoms with van der Waals surface area (Å²) in [6.45, 7) is 5.21. The van der Waals surface area contributed by atoms with Gasteiger partial charge in [-0.2, -0.15) is 0 Å². The van der Waals surface area contributed by atoms with Crippen LogP contribution in [0.25, 0.3) is 0 Å². The third kappa shape index (κ3) is 2.98. The van der Waals surface area contributed by atoms with E-state index in [9.17, 15) is 9.18 Å². The van der Waals surface area contributed by atoms with Crippen molar-refractivity contribution < 1.29 is 9.18 Å². The fourth-order valence-electron chi connectivity index (χ4n) is 2.38. The van der Waals surface area contributed by atoms with Crippen molar-refractivity contribution in [2.75, 3.05) is 13.1 Å². The molecule has 0 saturated carbocycles. The first-order valence-corrected chi connectivity index (χ1v) is 7.10. The number of carbonyl (C=O) groups is 1. The van der Waals surface area contributed by atoms with Crippen LogP contribution in [0, 0.1) is 11.2 Å². The predicted molar refractivity (Wildman–Crippen MR) is 76.4 cm³/mol. The number of halogens is 2. The van der Waals surface area contributed by atoms with E-state index in [2.05, 4.69) is 15.9 Å². The Morgan fingerprint density at radius 2 is 2.21 bits per heavy atom. The van der Waals surface area contributed by atoms with E-state index in [1.807, 2.05) is 13.8 Å². The first-order chi connectivity index (χ1) is 8.81. The maximum atomic E-state index is 13.8. The average molecular weight is 329 g/mol. The molecule has 0 spiro atoms. The Kier molecular flexibility index (Phi) is 3.97. The smallest absolute Gasteiger partial charge is 0.256 e. The lowest BCUT2D eigenvalue weighted by Gasteiger charge is -2.42. The van der Waals surface area contributed by atoms with Crippen LogP contribution in [0.4, 0.5) is 4.39 Å². The Morgan fingerprint density at radius 3 is 2.79 bits per heavy atom. The highest BCUT2D eigenvalue weighted by molar-refractivity contribution is 9.10. The van der Waals surface area contributed by atoms with Crippen LogP contribution < -0.4 is 5.73 Å². The molecule has 0 radical (unpaired) electrons. The Balaban J connectivity index is 2.21. The largest absolute Gasteiger partial charge is 0.338 e. The molecule has 1 aromatic rings. The summed E-state index contributed by atoms with van der Waals surface area (Å²) >= 11 is 3.19. The zero-order chi connectivity index (χ0) is 14.2. The molecular formula is C14H18BrFN2O. The van der Waals surface area contributed by atoms with Crippen LogP contribution in [-0.2, 0) is 0 Å². The molecule has 104 valence electrons. The number of benzene rings is 1. The number of rotatable bonds is 1. The van der Waals surface area contributed by atoms with Gasteiger partial charge in [-0.3, -0.25) is 4.79 Å². The quantitative estimate of drug-likeness (QED) is 0.861. The fourth-order valence-corrected chi connectivity index (χ4v) is 2.71. The second kappa shape index (κ2) is 5.21. The van der Waals surface area contributed by atoms with Gasteiger partial charge in [-0.25, -0.2) is 4.39 Å². The first-order valence-electron chi connectivity index (χ1n) is 6.31. The van der Waals surface area contributed by atoms with Crippen LogP contribution in [0.2, 0.25) is 0 Å². The summed E-state index contributed by atoms with van der Waals surface area (Å²) in [4.78, 5) is 14.0. The highest BCUT2D eigenvalue weighted by Gasteiger charge is 2.36. The Bertz CT molecular complexity index is 504. The van der Waals surface area contributed by atoms with Crippen molar-refractivity contribution in [3.05, 3.63) is 34.1 Å². The average Bonchev–Trinajstić information content (AvgIpc) is 2.32. The number of nitrogens with two attached hydrogens (primary N) is 1. The minimum Gasteiger partial charge on any atom is -0.338 e. The topological polar surface area (TPSA) is 46.3 Å². The number of amides is 1. The molecular weight excluding hydrogens is 311 g/mol. The third-order valence-electron chi connectivity index (χ3n) is 3.76. The van der Waals surface area contributed by atoms with Crippen LogP contribution in [0.1, 0.15) is 30.6 Å². The molecule has 1 heterocycles. The molecule has 3 nitrogen and oxygen atoms in total. The molecule has 2 N–H and O–H groups in total. The molecule has 1 aliphatic rings. The number of carbonyl (C=O) groups excluding carboxylic acids is 1.